The summed E-state index contributed by atoms with van der Waals surface area (Å²) >= 11 is 0. The number of hydrogen-bond donors (Lipinski definition) is 3. The summed E-state index contributed by atoms with van der Waals surface area (Å²) in [5.41, 5.74) is -5.67. The minimum absolute atomic E-state index is 0.197. The maximum Gasteiger partial charge on any atom is 0.439 e. The van der Waals surface area contributed by atoms with Crippen molar-refractivity contribution in [3.63, 3.8) is 0 Å². The van der Waals surface area contributed by atoms with Crippen LogP contribution in [0.25, 0.3) is 0 Å². The topological polar surface area (TPSA) is 111 Å². The number of hydrogen-bond acceptors (Lipinski definition) is 5. The second-order valence-electron chi connectivity index (χ2n) is 6.74. The summed E-state index contributed by atoms with van der Waals surface area (Å²) in [5, 5.41) is 6.85. The van der Waals surface area contributed by atoms with Crippen LogP contribution in [0.5, 0.6) is 0 Å². The number of rotatable bonds is 8. The van der Waals surface area contributed by atoms with Gasteiger partial charge in [0.05, 0.1) is 11.5 Å². The third-order valence-electron chi connectivity index (χ3n) is 3.81. The number of alkyl halides is 6. The molecule has 0 aliphatic heterocycles. The van der Waals surface area contributed by atoms with Crippen LogP contribution in [0.4, 0.5) is 36.8 Å². The van der Waals surface area contributed by atoms with Crippen molar-refractivity contribution in [2.24, 2.45) is 11.1 Å². The average Bonchev–Trinajstić information content (AvgIpc) is 2.55. The molecule has 0 aliphatic carbocycles. The molecule has 0 aromatic heterocycles. The van der Waals surface area contributed by atoms with E-state index in [1.165, 1.54) is 5.32 Å². The van der Waals surface area contributed by atoms with Gasteiger partial charge in [0.2, 0.25) is 10.0 Å². The van der Waals surface area contributed by atoms with Gasteiger partial charge in [-0.1, -0.05) is 13.8 Å². The van der Waals surface area contributed by atoms with E-state index in [1.54, 1.807) is 0 Å². The molecule has 0 radical (unpaired) electrons. The molecule has 1 aromatic rings. The van der Waals surface area contributed by atoms with Crippen LogP contribution in [-0.4, -0.2) is 39.1 Å². The van der Waals surface area contributed by atoms with Gasteiger partial charge in [0.25, 0.3) is 0 Å². The van der Waals surface area contributed by atoms with E-state index in [9.17, 15) is 39.6 Å². The minimum Gasteiger partial charge on any atom is -0.450 e. The molecule has 172 valence electrons. The number of nitrogens with two attached hydrogens (primary N) is 1. The molecule has 0 atom stereocenters. The van der Waals surface area contributed by atoms with Crippen molar-refractivity contribution in [3.8, 4) is 0 Å². The number of halogens is 6. The molecule has 0 spiro atoms. The van der Waals surface area contributed by atoms with Gasteiger partial charge in [0, 0.05) is 5.69 Å². The third-order valence-corrected chi connectivity index (χ3v) is 4.74. The number of sulfonamides is 1. The van der Waals surface area contributed by atoms with Gasteiger partial charge >= 0.3 is 24.1 Å². The number of primary sulfonamides is 1. The lowest BCUT2D eigenvalue weighted by Crippen LogP contribution is -2.72. The van der Waals surface area contributed by atoms with Crippen molar-refractivity contribution >= 4 is 21.8 Å². The number of ether oxygens (including phenoxy) is 1. The van der Waals surface area contributed by atoms with Crippen molar-refractivity contribution in [1.82, 2.24) is 5.32 Å². The van der Waals surface area contributed by atoms with Gasteiger partial charge in [-0.05, 0) is 43.0 Å². The van der Waals surface area contributed by atoms with Gasteiger partial charge in [0.1, 0.15) is 0 Å². The molecule has 4 N–H and O–H groups in total. The zero-order valence-corrected chi connectivity index (χ0v) is 16.7. The molecule has 30 heavy (non-hydrogen) atoms. The summed E-state index contributed by atoms with van der Waals surface area (Å²) < 4.78 is 108. The number of amides is 1. The normalized spacial score (nSPS) is 13.3. The second kappa shape index (κ2) is 9.29. The van der Waals surface area contributed by atoms with E-state index in [2.05, 4.69) is 4.74 Å². The van der Waals surface area contributed by atoms with Crippen molar-refractivity contribution < 1.29 is 44.3 Å². The zero-order valence-electron chi connectivity index (χ0n) is 15.9. The van der Waals surface area contributed by atoms with Crippen molar-refractivity contribution in [2.45, 2.75) is 49.6 Å². The molecule has 0 saturated carbocycles. The molecule has 7 nitrogen and oxygen atoms in total. The molecule has 0 unspecified atom stereocenters. The number of anilines is 1. The minimum atomic E-state index is -6.04. The van der Waals surface area contributed by atoms with Gasteiger partial charge < -0.3 is 10.1 Å². The molecular weight excluding hydrogens is 444 g/mol. The highest BCUT2D eigenvalue weighted by molar-refractivity contribution is 7.89. The van der Waals surface area contributed by atoms with Crippen LogP contribution >= 0.6 is 0 Å². The van der Waals surface area contributed by atoms with Gasteiger partial charge in [-0.15, -0.1) is 0 Å². The first-order valence-corrected chi connectivity index (χ1v) is 10.0. The highest BCUT2D eigenvalue weighted by atomic mass is 32.2. The first-order valence-electron chi connectivity index (χ1n) is 8.49. The monoisotopic (exact) mass is 465 g/mol. The number of carbonyl (C=O) groups is 1. The Labute approximate surface area is 169 Å². The Kier molecular flexibility index (Phi) is 7.99. The van der Waals surface area contributed by atoms with Crippen LogP contribution in [0.15, 0.2) is 29.2 Å². The van der Waals surface area contributed by atoms with Crippen molar-refractivity contribution in [2.75, 3.05) is 11.9 Å². The van der Waals surface area contributed by atoms with Crippen LogP contribution in [0.3, 0.4) is 0 Å². The fourth-order valence-corrected chi connectivity index (χ4v) is 2.78. The van der Waals surface area contributed by atoms with Gasteiger partial charge in [-0.2, -0.15) is 26.3 Å². The number of alkyl carbamates (subject to hydrolysis) is 1. The van der Waals surface area contributed by atoms with Crippen molar-refractivity contribution in [3.05, 3.63) is 24.3 Å². The van der Waals surface area contributed by atoms with Crippen LogP contribution < -0.4 is 15.8 Å². The first kappa shape index (κ1) is 25.8. The number of nitrogens with one attached hydrogen (secondary N) is 2. The SMILES string of the molecule is CC(C)CCCOC(=O)NC(Nc1ccc(S(N)(=O)=O)cc1)(C(F)(F)F)C(F)(F)F. The van der Waals surface area contributed by atoms with E-state index in [-0.39, 0.29) is 18.9 Å². The van der Waals surface area contributed by atoms with E-state index in [0.29, 0.717) is 30.7 Å². The Balaban J connectivity index is 3.17. The predicted octanol–water partition coefficient (Wildman–Crippen LogP) is 3.73. The molecule has 0 fully saturated rings. The predicted molar refractivity (Wildman–Crippen MR) is 94.8 cm³/mol. The number of benzene rings is 1. The van der Waals surface area contributed by atoms with E-state index in [0.717, 1.165) is 5.32 Å². The van der Waals surface area contributed by atoms with Crippen LogP contribution in [0.2, 0.25) is 0 Å². The molecular formula is C16H21F6N3O4S. The highest BCUT2D eigenvalue weighted by Crippen LogP contribution is 2.43. The van der Waals surface area contributed by atoms with Gasteiger partial charge in [-0.25, -0.2) is 18.4 Å². The molecule has 1 aromatic carbocycles. The largest absolute Gasteiger partial charge is 0.450 e. The third kappa shape index (κ3) is 6.65. The second-order valence-corrected chi connectivity index (χ2v) is 8.30. The fourth-order valence-electron chi connectivity index (χ4n) is 2.27. The Morgan fingerprint density at radius 2 is 1.57 bits per heavy atom. The molecule has 0 aliphatic rings. The Morgan fingerprint density at radius 1 is 1.07 bits per heavy atom. The summed E-state index contributed by atoms with van der Waals surface area (Å²) in [6.07, 6.45) is -13.2. The fraction of sp³-hybridized carbons (Fsp3) is 0.562. The molecule has 14 heteroatoms. The maximum atomic E-state index is 13.5. The molecule has 1 rings (SSSR count). The molecule has 0 heterocycles. The van der Waals surface area contributed by atoms with E-state index in [1.807, 2.05) is 13.8 Å². The first-order chi connectivity index (χ1) is 13.5. The Hall–Kier alpha value is -2.22. The molecule has 0 saturated heterocycles. The highest BCUT2D eigenvalue weighted by Gasteiger charge is 2.73. The van der Waals surface area contributed by atoms with Gasteiger partial charge in [-0.3, -0.25) is 5.32 Å². The zero-order chi connectivity index (χ0) is 23.4. The summed E-state index contributed by atoms with van der Waals surface area (Å²) in [5.74, 6) is 0.197. The summed E-state index contributed by atoms with van der Waals surface area (Å²) in [4.78, 5) is 11.2. The Bertz CT molecular complexity index is 809. The lowest BCUT2D eigenvalue weighted by molar-refractivity contribution is -0.294. The Morgan fingerprint density at radius 3 is 1.97 bits per heavy atom. The summed E-state index contributed by atoms with van der Waals surface area (Å²) in [7, 11) is -4.22. The van der Waals surface area contributed by atoms with Gasteiger partial charge in [0.15, 0.2) is 0 Å². The van der Waals surface area contributed by atoms with E-state index >= 15 is 0 Å². The lowest BCUT2D eigenvalue weighted by atomic mass is 10.1. The van der Waals surface area contributed by atoms with E-state index in [4.69, 9.17) is 5.14 Å². The van der Waals surface area contributed by atoms with Crippen LogP contribution in [-0.2, 0) is 14.8 Å². The summed E-state index contributed by atoms with van der Waals surface area (Å²) in [6.45, 7) is 3.30. The molecule has 0 bridgehead atoms. The van der Waals surface area contributed by atoms with Crippen LogP contribution in [0.1, 0.15) is 26.7 Å². The van der Waals surface area contributed by atoms with E-state index < -0.39 is 44.7 Å². The van der Waals surface area contributed by atoms with Crippen LogP contribution in [0, 0.1) is 5.92 Å². The maximum absolute atomic E-state index is 13.5. The standard InChI is InChI=1S/C16H21F6N3O4S/c1-10(2)4-3-9-29-13(26)25-14(15(17,18)19,16(20,21)22)24-11-5-7-12(8-6-11)30(23,27)28/h5-8,10,24H,3-4,9H2,1-2H3,(H,25,26)(H2,23,27,28). The molecule has 1 amide bonds. The number of carbonyl (C=O) groups excluding carboxylic acids is 1. The summed E-state index contributed by atoms with van der Waals surface area (Å²) in [6, 6.07) is 2.70. The van der Waals surface area contributed by atoms with Crippen molar-refractivity contribution in [1.29, 1.82) is 0 Å². The quantitative estimate of drug-likeness (QED) is 0.308. The smallest absolute Gasteiger partial charge is 0.439 e. The lowest BCUT2D eigenvalue weighted by Gasteiger charge is -2.38. The average molecular weight is 465 g/mol.